The van der Waals surface area contributed by atoms with E-state index in [0.717, 1.165) is 27.2 Å². The molecule has 1 amide bonds. The average molecular weight is 245 g/mol. The van der Waals surface area contributed by atoms with E-state index in [-0.39, 0.29) is 5.91 Å². The van der Waals surface area contributed by atoms with Crippen molar-refractivity contribution >= 4 is 16.8 Å². The van der Waals surface area contributed by atoms with Gasteiger partial charge in [0.05, 0.1) is 5.41 Å². The number of nitrogens with one attached hydrogen (secondary N) is 1. The molecule has 0 spiro atoms. The van der Waals surface area contributed by atoms with E-state index in [0.29, 0.717) is 0 Å². The lowest BCUT2D eigenvalue weighted by atomic mass is 9.81. The fourth-order valence-electron chi connectivity index (χ4n) is 2.63. The van der Waals surface area contributed by atoms with Crippen LogP contribution in [0.1, 0.15) is 25.1 Å². The molecule has 0 saturated heterocycles. The van der Waals surface area contributed by atoms with Crippen molar-refractivity contribution in [1.29, 1.82) is 0 Å². The zero-order valence-corrected chi connectivity index (χ0v) is 11.2. The van der Waals surface area contributed by atoms with Gasteiger partial charge in [0.1, 0.15) is 0 Å². The molecule has 4 nitrogen and oxygen atoms in total. The first-order chi connectivity index (χ1) is 8.35. The molecular weight excluding hydrogens is 226 g/mol. The Morgan fingerprint density at radius 2 is 1.94 bits per heavy atom. The fourth-order valence-corrected chi connectivity index (χ4v) is 2.63. The number of para-hydroxylation sites is 1. The van der Waals surface area contributed by atoms with Gasteiger partial charge in [-0.15, -0.1) is 0 Å². The summed E-state index contributed by atoms with van der Waals surface area (Å²) in [7, 11) is 1.58. The van der Waals surface area contributed by atoms with Gasteiger partial charge in [-0.1, -0.05) is 18.2 Å². The fraction of sp³-hybridized carbons (Fsp3) is 0.357. The number of fused-ring (bicyclic) bond motifs is 1. The van der Waals surface area contributed by atoms with Gasteiger partial charge in [-0.2, -0.15) is 0 Å². The smallest absolute Gasteiger partial charge is 0.246 e. The molecule has 1 aromatic heterocycles. The number of carbonyl (C=O) groups excluding carboxylic acids is 1. The number of aryl methyl sites for hydroxylation is 1. The van der Waals surface area contributed by atoms with Crippen LogP contribution in [0.4, 0.5) is 0 Å². The molecular formula is C14H19N3O. The van der Waals surface area contributed by atoms with E-state index in [9.17, 15) is 4.79 Å². The number of nitrogens with two attached hydrogens (primary N) is 1. The van der Waals surface area contributed by atoms with Gasteiger partial charge in [0.25, 0.3) is 0 Å². The van der Waals surface area contributed by atoms with Crippen LogP contribution in [0, 0.1) is 6.92 Å². The van der Waals surface area contributed by atoms with Crippen molar-refractivity contribution < 1.29 is 4.79 Å². The van der Waals surface area contributed by atoms with Crippen LogP contribution < -0.4 is 5.84 Å². The summed E-state index contributed by atoms with van der Waals surface area (Å²) < 4.78 is 0. The van der Waals surface area contributed by atoms with Crippen LogP contribution in [-0.4, -0.2) is 22.9 Å². The summed E-state index contributed by atoms with van der Waals surface area (Å²) >= 11 is 0. The number of carbonyl (C=O) groups is 1. The molecule has 0 aliphatic heterocycles. The first-order valence-corrected chi connectivity index (χ1v) is 5.96. The Bertz CT molecular complexity index is 596. The van der Waals surface area contributed by atoms with Crippen molar-refractivity contribution in [1.82, 2.24) is 9.99 Å². The number of hydrogen-bond acceptors (Lipinski definition) is 2. The molecule has 0 unspecified atom stereocenters. The number of rotatable bonds is 2. The highest BCUT2D eigenvalue weighted by atomic mass is 16.2. The number of aromatic amines is 1. The normalized spacial score (nSPS) is 11.8. The first kappa shape index (κ1) is 12.6. The number of H-pyrrole nitrogens is 1. The summed E-state index contributed by atoms with van der Waals surface area (Å²) in [6, 6.07) is 8.00. The zero-order valence-electron chi connectivity index (χ0n) is 11.2. The van der Waals surface area contributed by atoms with Gasteiger partial charge in [-0.05, 0) is 32.4 Å². The van der Waals surface area contributed by atoms with Crippen molar-refractivity contribution in [2.75, 3.05) is 7.05 Å². The maximum Gasteiger partial charge on any atom is 0.246 e. The minimum Gasteiger partial charge on any atom is -0.358 e. The van der Waals surface area contributed by atoms with Gasteiger partial charge < -0.3 is 4.98 Å². The Morgan fingerprint density at radius 3 is 2.56 bits per heavy atom. The molecule has 0 aliphatic carbocycles. The molecule has 18 heavy (non-hydrogen) atoms. The Morgan fingerprint density at radius 1 is 1.33 bits per heavy atom. The van der Waals surface area contributed by atoms with Crippen LogP contribution in [0.25, 0.3) is 10.9 Å². The van der Waals surface area contributed by atoms with E-state index in [4.69, 9.17) is 5.84 Å². The van der Waals surface area contributed by atoms with Crippen LogP contribution in [-0.2, 0) is 10.2 Å². The van der Waals surface area contributed by atoms with Crippen molar-refractivity contribution in [3.05, 3.63) is 35.5 Å². The molecule has 96 valence electrons. The summed E-state index contributed by atoms with van der Waals surface area (Å²) in [5, 5.41) is 2.23. The monoisotopic (exact) mass is 245 g/mol. The third-order valence-electron chi connectivity index (χ3n) is 3.37. The van der Waals surface area contributed by atoms with Crippen molar-refractivity contribution in [3.63, 3.8) is 0 Å². The lowest BCUT2D eigenvalue weighted by molar-refractivity contribution is -0.135. The number of nitrogens with zero attached hydrogens (tertiary/aromatic N) is 1. The predicted molar refractivity (Wildman–Crippen MR) is 73.0 cm³/mol. The maximum absolute atomic E-state index is 12.2. The third-order valence-corrected chi connectivity index (χ3v) is 3.37. The van der Waals surface area contributed by atoms with Gasteiger partial charge in [0.15, 0.2) is 0 Å². The summed E-state index contributed by atoms with van der Waals surface area (Å²) in [5.41, 5.74) is 2.43. The van der Waals surface area contributed by atoms with Crippen molar-refractivity contribution in [3.8, 4) is 0 Å². The second-order valence-corrected chi connectivity index (χ2v) is 5.21. The summed E-state index contributed by atoms with van der Waals surface area (Å²) in [4.78, 5) is 15.6. The summed E-state index contributed by atoms with van der Waals surface area (Å²) in [6.45, 7) is 5.80. The van der Waals surface area contributed by atoms with Gasteiger partial charge in [-0.25, -0.2) is 5.84 Å². The number of aromatic nitrogens is 1. The van der Waals surface area contributed by atoms with Crippen LogP contribution >= 0.6 is 0 Å². The highest BCUT2D eigenvalue weighted by molar-refractivity contribution is 5.95. The SMILES string of the molecule is Cc1[nH]c2ccccc2c1C(C)(C)C(=O)N(C)N. The second kappa shape index (κ2) is 4.14. The minimum atomic E-state index is -0.646. The van der Waals surface area contributed by atoms with Crippen LogP contribution in [0.2, 0.25) is 0 Å². The Labute approximate surface area is 107 Å². The summed E-state index contributed by atoms with van der Waals surface area (Å²) in [5.74, 6) is 5.49. The van der Waals surface area contributed by atoms with Crippen LogP contribution in [0.15, 0.2) is 24.3 Å². The standard InChI is InChI=1S/C14H19N3O/c1-9-12(14(2,3)13(18)17(4)15)10-7-5-6-8-11(10)16-9/h5-8,16H,15H2,1-4H3. The molecule has 0 bridgehead atoms. The van der Waals surface area contributed by atoms with E-state index < -0.39 is 5.41 Å². The lowest BCUT2D eigenvalue weighted by Gasteiger charge is -2.27. The molecule has 0 atom stereocenters. The van der Waals surface area contributed by atoms with E-state index in [1.807, 2.05) is 45.0 Å². The molecule has 3 N–H and O–H groups in total. The maximum atomic E-state index is 12.2. The third kappa shape index (κ3) is 1.78. The molecule has 0 saturated carbocycles. The van der Waals surface area contributed by atoms with Crippen LogP contribution in [0.5, 0.6) is 0 Å². The Hall–Kier alpha value is -1.81. The number of hydrogen-bond donors (Lipinski definition) is 2. The van der Waals surface area contributed by atoms with E-state index in [2.05, 4.69) is 4.98 Å². The summed E-state index contributed by atoms with van der Waals surface area (Å²) in [6.07, 6.45) is 0. The first-order valence-electron chi connectivity index (χ1n) is 5.96. The highest BCUT2D eigenvalue weighted by Crippen LogP contribution is 2.34. The molecule has 0 radical (unpaired) electrons. The van der Waals surface area contributed by atoms with E-state index in [1.54, 1.807) is 7.05 Å². The Balaban J connectivity index is 2.67. The number of benzene rings is 1. The molecule has 0 aliphatic rings. The van der Waals surface area contributed by atoms with Crippen molar-refractivity contribution in [2.45, 2.75) is 26.2 Å². The molecule has 2 aromatic rings. The van der Waals surface area contributed by atoms with Gasteiger partial charge in [0.2, 0.25) is 5.91 Å². The predicted octanol–water partition coefficient (Wildman–Crippen LogP) is 2.09. The second-order valence-electron chi connectivity index (χ2n) is 5.21. The lowest BCUT2D eigenvalue weighted by Crippen LogP contribution is -2.45. The van der Waals surface area contributed by atoms with Gasteiger partial charge in [0, 0.05) is 23.6 Å². The van der Waals surface area contributed by atoms with E-state index >= 15 is 0 Å². The number of amides is 1. The van der Waals surface area contributed by atoms with Crippen molar-refractivity contribution in [2.24, 2.45) is 5.84 Å². The molecule has 1 aromatic carbocycles. The quantitative estimate of drug-likeness (QED) is 0.483. The molecule has 2 rings (SSSR count). The Kier molecular flexibility index (Phi) is 2.91. The molecule has 1 heterocycles. The largest absolute Gasteiger partial charge is 0.358 e. The topological polar surface area (TPSA) is 62.1 Å². The zero-order chi connectivity index (χ0) is 13.5. The number of hydrazine groups is 1. The molecule has 0 fully saturated rings. The van der Waals surface area contributed by atoms with E-state index in [1.165, 1.54) is 0 Å². The average Bonchev–Trinajstić information content (AvgIpc) is 2.64. The number of likely N-dealkylation sites (N-methyl/N-ethyl adjacent to an activating group) is 1. The highest BCUT2D eigenvalue weighted by Gasteiger charge is 2.35. The minimum absolute atomic E-state index is 0.102. The van der Waals surface area contributed by atoms with Gasteiger partial charge in [-0.3, -0.25) is 9.80 Å². The van der Waals surface area contributed by atoms with Gasteiger partial charge >= 0.3 is 0 Å². The van der Waals surface area contributed by atoms with Crippen LogP contribution in [0.3, 0.4) is 0 Å². The molecule has 4 heteroatoms.